The Balaban J connectivity index is 1.66. The van der Waals surface area contributed by atoms with E-state index in [1.165, 1.54) is 5.56 Å². The van der Waals surface area contributed by atoms with Gasteiger partial charge in [-0.1, -0.05) is 18.2 Å². The van der Waals surface area contributed by atoms with Crippen LogP contribution in [0.25, 0.3) is 0 Å². The fourth-order valence-electron chi connectivity index (χ4n) is 3.14. The number of fused-ring (bicyclic) bond motifs is 1. The van der Waals surface area contributed by atoms with E-state index < -0.39 is 9.84 Å². The molecule has 1 fully saturated rings. The number of anilines is 1. The van der Waals surface area contributed by atoms with Gasteiger partial charge in [0, 0.05) is 18.3 Å². The summed E-state index contributed by atoms with van der Waals surface area (Å²) in [5.74, 6) is 0.162. The maximum atomic E-state index is 12.4. The van der Waals surface area contributed by atoms with Crippen LogP contribution in [0.4, 0.5) is 5.69 Å². The van der Waals surface area contributed by atoms with Crippen molar-refractivity contribution in [2.24, 2.45) is 0 Å². The summed E-state index contributed by atoms with van der Waals surface area (Å²) in [6.45, 7) is 2.71. The van der Waals surface area contributed by atoms with Gasteiger partial charge in [-0.3, -0.25) is 4.79 Å². The quantitative estimate of drug-likeness (QED) is 0.894. The molecular weight excluding hydrogens is 288 g/mol. The van der Waals surface area contributed by atoms with E-state index in [1.807, 2.05) is 25.1 Å². The highest BCUT2D eigenvalue weighted by molar-refractivity contribution is 7.91. The van der Waals surface area contributed by atoms with Gasteiger partial charge in [0.25, 0.3) is 0 Å². The number of carbonyl (C=O) groups excluding carboxylic acids is 1. The fraction of sp³-hybridized carbons (Fsp3) is 0.533. The van der Waals surface area contributed by atoms with Crippen molar-refractivity contribution < 1.29 is 13.2 Å². The normalized spacial score (nSPS) is 24.6. The zero-order valence-electron chi connectivity index (χ0n) is 12.1. The highest BCUT2D eigenvalue weighted by Crippen LogP contribution is 2.29. The Morgan fingerprint density at radius 1 is 1.38 bits per heavy atom. The first kappa shape index (κ1) is 14.4. The summed E-state index contributed by atoms with van der Waals surface area (Å²) in [5.41, 5.74) is 2.37. The standard InChI is InChI=1S/C15H20N2O3S/c1-11(15(18)16-13-7-9-21(19,20)10-13)17-8-6-12-4-2-3-5-14(12)17/h2-5,11,13H,6-10H2,1H3,(H,16,18)/t11-,13+/m0/s1. The van der Waals surface area contributed by atoms with Gasteiger partial charge in [-0.2, -0.15) is 0 Å². The summed E-state index contributed by atoms with van der Waals surface area (Å²) in [4.78, 5) is 14.5. The molecule has 2 aliphatic heterocycles. The van der Waals surface area contributed by atoms with Crippen molar-refractivity contribution >= 4 is 21.4 Å². The van der Waals surface area contributed by atoms with E-state index in [1.54, 1.807) is 0 Å². The van der Waals surface area contributed by atoms with E-state index in [4.69, 9.17) is 0 Å². The van der Waals surface area contributed by atoms with Gasteiger partial charge >= 0.3 is 0 Å². The maximum Gasteiger partial charge on any atom is 0.242 e. The number of benzene rings is 1. The lowest BCUT2D eigenvalue weighted by molar-refractivity contribution is -0.122. The minimum atomic E-state index is -2.96. The van der Waals surface area contributed by atoms with Gasteiger partial charge < -0.3 is 10.2 Å². The predicted octanol–water partition coefficient (Wildman–Crippen LogP) is 0.741. The SMILES string of the molecule is C[C@@H](C(=O)N[C@@H]1CCS(=O)(=O)C1)N1CCc2ccccc21. The van der Waals surface area contributed by atoms with Crippen LogP contribution in [-0.4, -0.2) is 44.5 Å². The second-order valence-corrected chi connectivity index (χ2v) is 8.09. The monoisotopic (exact) mass is 308 g/mol. The molecule has 5 nitrogen and oxygen atoms in total. The first-order valence-electron chi connectivity index (χ1n) is 7.31. The van der Waals surface area contributed by atoms with Crippen molar-refractivity contribution in [3.63, 3.8) is 0 Å². The van der Waals surface area contributed by atoms with Crippen LogP contribution in [0.5, 0.6) is 0 Å². The second kappa shape index (κ2) is 5.33. The lowest BCUT2D eigenvalue weighted by Crippen LogP contribution is -2.48. The van der Waals surface area contributed by atoms with Gasteiger partial charge in [0.15, 0.2) is 9.84 Å². The van der Waals surface area contributed by atoms with Crippen LogP contribution >= 0.6 is 0 Å². The molecular formula is C15H20N2O3S. The Labute approximate surface area is 125 Å². The van der Waals surface area contributed by atoms with E-state index in [-0.39, 0.29) is 29.5 Å². The molecule has 3 rings (SSSR count). The molecule has 0 saturated carbocycles. The predicted molar refractivity (Wildman–Crippen MR) is 82.2 cm³/mol. The number of nitrogens with one attached hydrogen (secondary N) is 1. The summed E-state index contributed by atoms with van der Waals surface area (Å²) in [6, 6.07) is 7.59. The number of rotatable bonds is 3. The maximum absolute atomic E-state index is 12.4. The number of carbonyl (C=O) groups is 1. The first-order valence-corrected chi connectivity index (χ1v) is 9.14. The highest BCUT2D eigenvalue weighted by atomic mass is 32.2. The third kappa shape index (κ3) is 2.90. The molecule has 0 bridgehead atoms. The molecule has 0 aromatic heterocycles. The smallest absolute Gasteiger partial charge is 0.242 e. The van der Waals surface area contributed by atoms with E-state index in [2.05, 4.69) is 16.3 Å². The molecule has 1 aromatic rings. The minimum absolute atomic E-state index is 0.0715. The van der Waals surface area contributed by atoms with Crippen LogP contribution in [0.3, 0.4) is 0 Å². The van der Waals surface area contributed by atoms with Gasteiger partial charge in [0.2, 0.25) is 5.91 Å². The molecule has 0 radical (unpaired) electrons. The van der Waals surface area contributed by atoms with Crippen molar-refractivity contribution in [1.29, 1.82) is 0 Å². The van der Waals surface area contributed by atoms with Crippen molar-refractivity contribution in [3.8, 4) is 0 Å². The molecule has 1 N–H and O–H groups in total. The van der Waals surface area contributed by atoms with Gasteiger partial charge in [0.1, 0.15) is 6.04 Å². The zero-order chi connectivity index (χ0) is 15.0. The molecule has 2 aliphatic rings. The molecule has 0 unspecified atom stereocenters. The highest BCUT2D eigenvalue weighted by Gasteiger charge is 2.32. The third-order valence-electron chi connectivity index (χ3n) is 4.35. The number of sulfone groups is 1. The van der Waals surface area contributed by atoms with Gasteiger partial charge in [-0.15, -0.1) is 0 Å². The van der Waals surface area contributed by atoms with Gasteiger partial charge in [-0.05, 0) is 31.4 Å². The molecule has 1 aromatic carbocycles. The number of para-hydroxylation sites is 1. The summed E-state index contributed by atoms with van der Waals surface area (Å²) < 4.78 is 22.9. The van der Waals surface area contributed by atoms with Crippen LogP contribution in [0.2, 0.25) is 0 Å². The Bertz CT molecular complexity index is 657. The fourth-order valence-corrected chi connectivity index (χ4v) is 4.81. The molecule has 1 amide bonds. The Hall–Kier alpha value is -1.56. The van der Waals surface area contributed by atoms with Crippen LogP contribution in [0.15, 0.2) is 24.3 Å². The largest absolute Gasteiger partial charge is 0.359 e. The summed E-state index contributed by atoms with van der Waals surface area (Å²) in [7, 11) is -2.96. The average molecular weight is 308 g/mol. The molecule has 2 atom stereocenters. The average Bonchev–Trinajstić information content (AvgIpc) is 3.01. The number of hydrogen-bond donors (Lipinski definition) is 1. The van der Waals surface area contributed by atoms with E-state index in [0.717, 1.165) is 18.7 Å². The van der Waals surface area contributed by atoms with E-state index >= 15 is 0 Å². The van der Waals surface area contributed by atoms with Gasteiger partial charge in [0.05, 0.1) is 11.5 Å². The molecule has 2 heterocycles. The van der Waals surface area contributed by atoms with Crippen molar-refractivity contribution in [3.05, 3.63) is 29.8 Å². The molecule has 6 heteroatoms. The summed E-state index contributed by atoms with van der Waals surface area (Å²) in [6.07, 6.45) is 1.48. The Morgan fingerprint density at radius 2 is 2.14 bits per heavy atom. The number of hydrogen-bond acceptors (Lipinski definition) is 4. The van der Waals surface area contributed by atoms with Crippen molar-refractivity contribution in [2.45, 2.75) is 31.8 Å². The topological polar surface area (TPSA) is 66.5 Å². The minimum Gasteiger partial charge on any atom is -0.359 e. The molecule has 0 spiro atoms. The van der Waals surface area contributed by atoms with Crippen LogP contribution in [0, 0.1) is 0 Å². The first-order chi connectivity index (χ1) is 9.96. The zero-order valence-corrected chi connectivity index (χ0v) is 12.9. The molecule has 114 valence electrons. The van der Waals surface area contributed by atoms with Crippen molar-refractivity contribution in [1.82, 2.24) is 5.32 Å². The number of nitrogens with zero attached hydrogens (tertiary/aromatic N) is 1. The lowest BCUT2D eigenvalue weighted by atomic mass is 10.1. The van der Waals surface area contributed by atoms with Crippen LogP contribution in [0.1, 0.15) is 18.9 Å². The summed E-state index contributed by atoms with van der Waals surface area (Å²) >= 11 is 0. The third-order valence-corrected chi connectivity index (χ3v) is 6.12. The van der Waals surface area contributed by atoms with E-state index in [9.17, 15) is 13.2 Å². The molecule has 21 heavy (non-hydrogen) atoms. The molecule has 1 saturated heterocycles. The summed E-state index contributed by atoms with van der Waals surface area (Å²) in [5, 5.41) is 2.88. The lowest BCUT2D eigenvalue weighted by Gasteiger charge is -2.27. The van der Waals surface area contributed by atoms with Gasteiger partial charge in [-0.25, -0.2) is 8.42 Å². The Kier molecular flexibility index (Phi) is 3.65. The number of amides is 1. The van der Waals surface area contributed by atoms with Crippen LogP contribution in [-0.2, 0) is 21.1 Å². The van der Waals surface area contributed by atoms with Crippen LogP contribution < -0.4 is 10.2 Å². The Morgan fingerprint density at radius 3 is 2.86 bits per heavy atom. The van der Waals surface area contributed by atoms with E-state index in [0.29, 0.717) is 6.42 Å². The second-order valence-electron chi connectivity index (χ2n) is 5.86. The van der Waals surface area contributed by atoms with Crippen molar-refractivity contribution in [2.75, 3.05) is 23.0 Å². The molecule has 0 aliphatic carbocycles.